The zero-order valence-corrected chi connectivity index (χ0v) is 27.9. The predicted octanol–water partition coefficient (Wildman–Crippen LogP) is 8.68. The number of carbonyl (C=O) groups excluding carboxylic acids is 2. The number of esters is 1. The molecule has 236 valence electrons. The molecule has 2 amide bonds. The number of nitrogens with zero attached hydrogens (tertiary/aromatic N) is 3. The van der Waals surface area contributed by atoms with Gasteiger partial charge in [-0.05, 0) is 57.5 Å². The van der Waals surface area contributed by atoms with Crippen molar-refractivity contribution in [3.63, 3.8) is 0 Å². The van der Waals surface area contributed by atoms with E-state index >= 15 is 0 Å². The van der Waals surface area contributed by atoms with Gasteiger partial charge in [-0.2, -0.15) is 0 Å². The van der Waals surface area contributed by atoms with Crippen molar-refractivity contribution in [2.75, 3.05) is 27.3 Å². The average molecular weight is 602 g/mol. The molecule has 1 aliphatic rings. The van der Waals surface area contributed by atoms with Crippen LogP contribution in [-0.4, -0.2) is 59.9 Å². The Labute approximate surface area is 260 Å². The molecule has 1 aromatic rings. The minimum absolute atomic E-state index is 0.148. The number of thiocarbonyl (C=S) groups is 1. The van der Waals surface area contributed by atoms with Gasteiger partial charge in [0.1, 0.15) is 11.7 Å². The molecule has 2 rings (SSSR count). The number of benzene rings is 1. The fourth-order valence-electron chi connectivity index (χ4n) is 5.77. The summed E-state index contributed by atoms with van der Waals surface area (Å²) in [4.78, 5) is 34.2. The molecular weight excluding hydrogens is 546 g/mol. The number of ether oxygens (including phenoxy) is 2. The molecule has 2 unspecified atom stereocenters. The normalized spacial score (nSPS) is 16.8. The van der Waals surface area contributed by atoms with Crippen LogP contribution in [0, 0.1) is 5.92 Å². The van der Waals surface area contributed by atoms with Crippen molar-refractivity contribution in [2.24, 2.45) is 10.9 Å². The van der Waals surface area contributed by atoms with E-state index in [2.05, 4.69) is 18.0 Å². The Morgan fingerprint density at radius 3 is 1.98 bits per heavy atom. The van der Waals surface area contributed by atoms with Gasteiger partial charge >= 0.3 is 12.0 Å². The van der Waals surface area contributed by atoms with Crippen molar-refractivity contribution in [1.29, 1.82) is 0 Å². The van der Waals surface area contributed by atoms with Crippen LogP contribution >= 0.6 is 12.2 Å². The lowest BCUT2D eigenvalue weighted by molar-refractivity contribution is -0.147. The van der Waals surface area contributed by atoms with Gasteiger partial charge in [0.2, 0.25) is 5.11 Å². The molecule has 0 aromatic heterocycles. The highest BCUT2D eigenvalue weighted by molar-refractivity contribution is 7.80. The molecule has 7 nitrogen and oxygen atoms in total. The molecule has 1 heterocycles. The fraction of sp³-hybridized carbons (Fsp3) is 0.706. The smallest absolute Gasteiger partial charge is 0.326 e. The summed E-state index contributed by atoms with van der Waals surface area (Å²) in [5.41, 5.74) is 2.44. The molecule has 0 saturated heterocycles. The van der Waals surface area contributed by atoms with Crippen LogP contribution in [0.25, 0.3) is 0 Å². The van der Waals surface area contributed by atoms with E-state index in [1.165, 1.54) is 80.4 Å². The monoisotopic (exact) mass is 601 g/mol. The summed E-state index contributed by atoms with van der Waals surface area (Å²) >= 11 is 5.63. The number of unbranched alkanes of at least 4 members (excludes halogenated alkanes) is 12. The lowest BCUT2D eigenvalue weighted by Crippen LogP contribution is -2.52. The largest absolute Gasteiger partial charge is 0.494 e. The third kappa shape index (κ3) is 10.7. The highest BCUT2D eigenvalue weighted by Gasteiger charge is 2.46. The summed E-state index contributed by atoms with van der Waals surface area (Å²) in [5, 5.41) is 0.148. The van der Waals surface area contributed by atoms with Gasteiger partial charge in [-0.25, -0.2) is 9.79 Å². The molecule has 1 aliphatic heterocycles. The van der Waals surface area contributed by atoms with Crippen LogP contribution in [0.3, 0.4) is 0 Å². The van der Waals surface area contributed by atoms with Gasteiger partial charge in [0.25, 0.3) is 0 Å². The Kier molecular flexibility index (Phi) is 16.7. The first-order chi connectivity index (χ1) is 20.3. The van der Waals surface area contributed by atoms with Gasteiger partial charge in [0, 0.05) is 25.4 Å². The molecule has 0 N–H and O–H groups in total. The van der Waals surface area contributed by atoms with Gasteiger partial charge in [-0.15, -0.1) is 0 Å². The Balaban J connectivity index is 2.17. The van der Waals surface area contributed by atoms with Crippen LogP contribution in [0.15, 0.2) is 23.2 Å². The molecule has 0 spiro atoms. The minimum Gasteiger partial charge on any atom is -0.494 e. The minimum atomic E-state index is -0.785. The molecule has 0 bridgehead atoms. The average Bonchev–Trinajstić information content (AvgIpc) is 2.95. The number of aliphatic imine (C=N–C) groups is 1. The van der Waals surface area contributed by atoms with Gasteiger partial charge < -0.3 is 14.4 Å². The molecule has 8 heteroatoms. The van der Waals surface area contributed by atoms with Crippen molar-refractivity contribution in [1.82, 2.24) is 9.80 Å². The summed E-state index contributed by atoms with van der Waals surface area (Å²) in [6, 6.07) is 4.96. The molecular formula is C34H55N3O4S. The van der Waals surface area contributed by atoms with Crippen LogP contribution < -0.4 is 4.74 Å². The Morgan fingerprint density at radius 1 is 0.881 bits per heavy atom. The number of hydrogen-bond donors (Lipinski definition) is 0. The molecule has 0 aliphatic carbocycles. The van der Waals surface area contributed by atoms with Crippen LogP contribution in [0.2, 0.25) is 0 Å². The summed E-state index contributed by atoms with van der Waals surface area (Å²) in [5.74, 6) is -0.536. The highest BCUT2D eigenvalue weighted by Crippen LogP contribution is 2.42. The van der Waals surface area contributed by atoms with Crippen LogP contribution in [0.5, 0.6) is 5.75 Å². The Hall–Kier alpha value is -2.48. The van der Waals surface area contributed by atoms with E-state index in [1.54, 1.807) is 27.9 Å². The molecule has 1 aromatic carbocycles. The number of hydrogen-bond acceptors (Lipinski definition) is 5. The van der Waals surface area contributed by atoms with E-state index in [9.17, 15) is 9.59 Å². The number of aryl methyl sites for hydroxylation is 1. The first-order valence-electron chi connectivity index (χ1n) is 16.3. The molecule has 0 saturated carbocycles. The first kappa shape index (κ1) is 35.7. The second-order valence-electron chi connectivity index (χ2n) is 11.5. The maximum absolute atomic E-state index is 13.5. The number of carbonyl (C=O) groups is 2. The quantitative estimate of drug-likeness (QED) is 0.0901. The third-order valence-electron chi connectivity index (χ3n) is 7.95. The SMILES string of the molecule is CCCCCCCCCCCCCCCc1cccc(OCC)c1C1C(C(=O)OCC)C(C)=NC(=S)N1C(=O)N(C)C. The van der Waals surface area contributed by atoms with E-state index < -0.39 is 17.9 Å². The van der Waals surface area contributed by atoms with E-state index in [0.29, 0.717) is 18.1 Å². The maximum Gasteiger partial charge on any atom is 0.326 e. The highest BCUT2D eigenvalue weighted by atomic mass is 32.1. The summed E-state index contributed by atoms with van der Waals surface area (Å²) in [7, 11) is 3.35. The number of amides is 2. The topological polar surface area (TPSA) is 71.4 Å². The van der Waals surface area contributed by atoms with Gasteiger partial charge in [-0.3, -0.25) is 9.69 Å². The van der Waals surface area contributed by atoms with E-state index in [4.69, 9.17) is 21.7 Å². The van der Waals surface area contributed by atoms with Crippen molar-refractivity contribution >= 4 is 35.0 Å². The fourth-order valence-corrected chi connectivity index (χ4v) is 6.11. The molecule has 2 atom stereocenters. The van der Waals surface area contributed by atoms with E-state index in [-0.39, 0.29) is 17.8 Å². The van der Waals surface area contributed by atoms with Crippen molar-refractivity contribution < 1.29 is 19.1 Å². The summed E-state index contributed by atoms with van der Waals surface area (Å²) in [6.45, 7) is 8.47. The van der Waals surface area contributed by atoms with E-state index in [0.717, 1.165) is 30.4 Å². The van der Waals surface area contributed by atoms with Crippen LogP contribution in [-0.2, 0) is 16.0 Å². The predicted molar refractivity (Wildman–Crippen MR) is 177 cm³/mol. The first-order valence-corrected chi connectivity index (χ1v) is 16.7. The molecule has 0 radical (unpaired) electrons. The summed E-state index contributed by atoms with van der Waals surface area (Å²) < 4.78 is 11.6. The third-order valence-corrected chi connectivity index (χ3v) is 8.24. The molecule has 42 heavy (non-hydrogen) atoms. The second kappa shape index (κ2) is 19.7. The zero-order chi connectivity index (χ0) is 30.9. The number of urea groups is 1. The van der Waals surface area contributed by atoms with Crippen LogP contribution in [0.1, 0.15) is 128 Å². The Bertz CT molecular complexity index is 1030. The zero-order valence-electron chi connectivity index (χ0n) is 27.1. The van der Waals surface area contributed by atoms with Gasteiger partial charge in [0.15, 0.2) is 0 Å². The van der Waals surface area contributed by atoms with Gasteiger partial charge in [-0.1, -0.05) is 96.1 Å². The number of rotatable bonds is 19. The van der Waals surface area contributed by atoms with Crippen molar-refractivity contribution in [3.8, 4) is 5.75 Å². The lowest BCUT2D eigenvalue weighted by Gasteiger charge is -2.41. The second-order valence-corrected chi connectivity index (χ2v) is 11.9. The molecule has 0 fully saturated rings. The standard InChI is InChI=1S/C34H55N3O4S/c1-7-10-11-12-13-14-15-16-17-18-19-20-21-23-27-24-22-25-28(40-8-2)30(27)31-29(32(38)41-9-3)26(4)35-33(42)37(31)34(39)36(5)6/h22,24-25,29,31H,7-21,23H2,1-6H3. The maximum atomic E-state index is 13.5. The van der Waals surface area contributed by atoms with Crippen LogP contribution in [0.4, 0.5) is 4.79 Å². The van der Waals surface area contributed by atoms with E-state index in [1.807, 2.05) is 19.1 Å². The Morgan fingerprint density at radius 2 is 1.45 bits per heavy atom. The van der Waals surface area contributed by atoms with Crippen molar-refractivity contribution in [2.45, 2.75) is 124 Å². The van der Waals surface area contributed by atoms with Gasteiger partial charge in [0.05, 0.1) is 19.3 Å². The van der Waals surface area contributed by atoms with Crippen molar-refractivity contribution in [3.05, 3.63) is 29.3 Å². The summed E-state index contributed by atoms with van der Waals surface area (Å²) in [6.07, 6.45) is 17.7. The lowest BCUT2D eigenvalue weighted by atomic mass is 9.83.